The molecule has 3 rings (SSSR count). The minimum atomic E-state index is 0.000211. The Morgan fingerprint density at radius 3 is 2.50 bits per heavy atom. The Kier molecular flexibility index (Phi) is 4.95. The molecular formula is C20H24N2O2. The molecule has 2 atom stereocenters. The van der Waals surface area contributed by atoms with Crippen LogP contribution in [-0.2, 0) is 11.2 Å². The van der Waals surface area contributed by atoms with E-state index in [9.17, 15) is 4.79 Å². The van der Waals surface area contributed by atoms with E-state index in [1.54, 1.807) is 12.4 Å². The number of aryl methyl sites for hydroxylation is 3. The SMILES string of the molecule is Cc1cc(C)c(C(=O)N[C@@H]2COC[C@H]2Cc2ccncc2)c(C)c1. The zero-order chi connectivity index (χ0) is 17.1. The lowest BCUT2D eigenvalue weighted by atomic mass is 9.94. The molecule has 2 heterocycles. The van der Waals surface area contributed by atoms with E-state index in [0.29, 0.717) is 19.1 Å². The van der Waals surface area contributed by atoms with Gasteiger partial charge in [-0.05, 0) is 56.0 Å². The van der Waals surface area contributed by atoms with Crippen molar-refractivity contribution < 1.29 is 9.53 Å². The number of hydrogen-bond donors (Lipinski definition) is 1. The maximum atomic E-state index is 12.8. The third-order valence-corrected chi connectivity index (χ3v) is 4.67. The van der Waals surface area contributed by atoms with Crippen LogP contribution < -0.4 is 5.32 Å². The molecule has 4 heteroatoms. The second-order valence-electron chi connectivity index (χ2n) is 6.71. The zero-order valence-corrected chi connectivity index (χ0v) is 14.5. The zero-order valence-electron chi connectivity index (χ0n) is 14.5. The minimum Gasteiger partial charge on any atom is -0.379 e. The van der Waals surface area contributed by atoms with Crippen LogP contribution in [0.1, 0.15) is 32.6 Å². The quantitative estimate of drug-likeness (QED) is 0.940. The first-order chi connectivity index (χ1) is 11.5. The van der Waals surface area contributed by atoms with E-state index in [-0.39, 0.29) is 11.9 Å². The highest BCUT2D eigenvalue weighted by atomic mass is 16.5. The van der Waals surface area contributed by atoms with Gasteiger partial charge in [0.05, 0.1) is 19.3 Å². The molecule has 1 aromatic heterocycles. The Labute approximate surface area is 143 Å². The average molecular weight is 324 g/mol. The van der Waals surface area contributed by atoms with Gasteiger partial charge in [-0.2, -0.15) is 0 Å². The fourth-order valence-electron chi connectivity index (χ4n) is 3.56. The molecule has 0 radical (unpaired) electrons. The molecule has 2 aromatic rings. The Balaban J connectivity index is 1.72. The van der Waals surface area contributed by atoms with E-state index in [0.717, 1.165) is 23.1 Å². The second kappa shape index (κ2) is 7.14. The van der Waals surface area contributed by atoms with Gasteiger partial charge in [0.25, 0.3) is 5.91 Å². The first-order valence-corrected chi connectivity index (χ1v) is 8.40. The van der Waals surface area contributed by atoms with Gasteiger partial charge in [-0.15, -0.1) is 0 Å². The lowest BCUT2D eigenvalue weighted by Gasteiger charge is -2.20. The van der Waals surface area contributed by atoms with Gasteiger partial charge < -0.3 is 10.1 Å². The topological polar surface area (TPSA) is 51.2 Å². The number of nitrogens with zero attached hydrogens (tertiary/aromatic N) is 1. The van der Waals surface area contributed by atoms with Crippen molar-refractivity contribution in [2.24, 2.45) is 5.92 Å². The number of aromatic nitrogens is 1. The van der Waals surface area contributed by atoms with E-state index in [1.165, 1.54) is 11.1 Å². The summed E-state index contributed by atoms with van der Waals surface area (Å²) in [6.45, 7) is 7.30. The summed E-state index contributed by atoms with van der Waals surface area (Å²) in [5, 5.41) is 3.19. The van der Waals surface area contributed by atoms with Gasteiger partial charge in [0.1, 0.15) is 0 Å². The standard InChI is InChI=1S/C20H24N2O2/c1-13-8-14(2)19(15(3)9-13)20(23)22-18-12-24-11-17(18)10-16-4-6-21-7-5-16/h4-9,17-18H,10-12H2,1-3H3,(H,22,23)/t17-,18-/m1/s1. The number of rotatable bonds is 4. The van der Waals surface area contributed by atoms with Crippen molar-refractivity contribution in [3.05, 3.63) is 64.5 Å². The highest BCUT2D eigenvalue weighted by molar-refractivity contribution is 5.97. The molecule has 1 fully saturated rings. The number of benzene rings is 1. The van der Waals surface area contributed by atoms with Crippen LogP contribution in [0.2, 0.25) is 0 Å². The van der Waals surface area contributed by atoms with Crippen LogP contribution >= 0.6 is 0 Å². The highest BCUT2D eigenvalue weighted by Gasteiger charge is 2.30. The molecule has 4 nitrogen and oxygen atoms in total. The number of ether oxygens (including phenoxy) is 1. The van der Waals surface area contributed by atoms with Crippen molar-refractivity contribution in [1.82, 2.24) is 10.3 Å². The van der Waals surface area contributed by atoms with Crippen LogP contribution in [0, 0.1) is 26.7 Å². The van der Waals surface area contributed by atoms with Crippen molar-refractivity contribution in [3.63, 3.8) is 0 Å². The van der Waals surface area contributed by atoms with Crippen molar-refractivity contribution in [2.45, 2.75) is 33.2 Å². The Hall–Kier alpha value is -2.20. The summed E-state index contributed by atoms with van der Waals surface area (Å²) < 4.78 is 5.63. The van der Waals surface area contributed by atoms with Crippen LogP contribution in [-0.4, -0.2) is 30.1 Å². The summed E-state index contributed by atoms with van der Waals surface area (Å²) >= 11 is 0. The summed E-state index contributed by atoms with van der Waals surface area (Å²) in [7, 11) is 0. The first kappa shape index (κ1) is 16.7. The fraction of sp³-hybridized carbons (Fsp3) is 0.400. The molecule has 0 bridgehead atoms. The van der Waals surface area contributed by atoms with Gasteiger partial charge in [0, 0.05) is 23.9 Å². The molecule has 1 saturated heterocycles. The second-order valence-corrected chi connectivity index (χ2v) is 6.71. The number of hydrogen-bond acceptors (Lipinski definition) is 3. The smallest absolute Gasteiger partial charge is 0.252 e. The van der Waals surface area contributed by atoms with E-state index < -0.39 is 0 Å². The molecule has 24 heavy (non-hydrogen) atoms. The molecule has 0 aliphatic carbocycles. The maximum Gasteiger partial charge on any atom is 0.252 e. The average Bonchev–Trinajstić information content (AvgIpc) is 2.94. The summed E-state index contributed by atoms with van der Waals surface area (Å²) in [4.78, 5) is 16.8. The van der Waals surface area contributed by atoms with Gasteiger partial charge in [-0.1, -0.05) is 17.7 Å². The highest BCUT2D eigenvalue weighted by Crippen LogP contribution is 2.21. The van der Waals surface area contributed by atoms with Crippen LogP contribution in [0.15, 0.2) is 36.7 Å². The number of nitrogens with one attached hydrogen (secondary N) is 1. The monoisotopic (exact) mass is 324 g/mol. The number of pyridine rings is 1. The first-order valence-electron chi connectivity index (χ1n) is 8.40. The third-order valence-electron chi connectivity index (χ3n) is 4.67. The summed E-state index contributed by atoms with van der Waals surface area (Å²) in [5.74, 6) is 0.294. The molecule has 1 amide bonds. The summed E-state index contributed by atoms with van der Waals surface area (Å²) in [5.41, 5.74) is 5.24. The van der Waals surface area contributed by atoms with Crippen LogP contribution in [0.25, 0.3) is 0 Å². The summed E-state index contributed by atoms with van der Waals surface area (Å²) in [6, 6.07) is 8.20. The van der Waals surface area contributed by atoms with E-state index >= 15 is 0 Å². The van der Waals surface area contributed by atoms with E-state index in [1.807, 2.05) is 26.0 Å². The Morgan fingerprint density at radius 2 is 1.83 bits per heavy atom. The van der Waals surface area contributed by atoms with Crippen molar-refractivity contribution in [1.29, 1.82) is 0 Å². The van der Waals surface area contributed by atoms with Crippen molar-refractivity contribution in [3.8, 4) is 0 Å². The molecular weight excluding hydrogens is 300 g/mol. The van der Waals surface area contributed by atoms with Crippen molar-refractivity contribution in [2.75, 3.05) is 13.2 Å². The largest absolute Gasteiger partial charge is 0.379 e. The Morgan fingerprint density at radius 1 is 1.17 bits per heavy atom. The predicted molar refractivity (Wildman–Crippen MR) is 94.2 cm³/mol. The fourth-order valence-corrected chi connectivity index (χ4v) is 3.56. The number of amides is 1. The molecule has 126 valence electrons. The Bertz CT molecular complexity index is 705. The molecule has 1 N–H and O–H groups in total. The predicted octanol–water partition coefficient (Wildman–Crippen LogP) is 2.99. The third kappa shape index (κ3) is 3.65. The van der Waals surface area contributed by atoms with Gasteiger partial charge in [0.2, 0.25) is 0 Å². The van der Waals surface area contributed by atoms with E-state index in [4.69, 9.17) is 4.74 Å². The molecule has 0 spiro atoms. The molecule has 0 saturated carbocycles. The van der Waals surface area contributed by atoms with Gasteiger partial charge in [-0.25, -0.2) is 0 Å². The lowest BCUT2D eigenvalue weighted by molar-refractivity contribution is 0.0924. The van der Waals surface area contributed by atoms with Gasteiger partial charge in [-0.3, -0.25) is 9.78 Å². The normalized spacial score (nSPS) is 20.1. The van der Waals surface area contributed by atoms with Gasteiger partial charge >= 0.3 is 0 Å². The number of carbonyl (C=O) groups excluding carboxylic acids is 1. The maximum absolute atomic E-state index is 12.8. The van der Waals surface area contributed by atoms with E-state index in [2.05, 4.69) is 29.4 Å². The molecule has 1 aromatic carbocycles. The van der Waals surface area contributed by atoms with Gasteiger partial charge in [0.15, 0.2) is 0 Å². The molecule has 0 unspecified atom stereocenters. The van der Waals surface area contributed by atoms with Crippen LogP contribution in [0.5, 0.6) is 0 Å². The van der Waals surface area contributed by atoms with Crippen LogP contribution in [0.4, 0.5) is 0 Å². The molecule has 1 aliphatic rings. The summed E-state index contributed by atoms with van der Waals surface area (Å²) in [6.07, 6.45) is 4.49. The van der Waals surface area contributed by atoms with Crippen molar-refractivity contribution >= 4 is 5.91 Å². The molecule has 1 aliphatic heterocycles. The number of carbonyl (C=O) groups is 1. The van der Waals surface area contributed by atoms with Crippen LogP contribution in [0.3, 0.4) is 0 Å². The lowest BCUT2D eigenvalue weighted by Crippen LogP contribution is -2.41. The minimum absolute atomic E-state index is 0.000211.